The zero-order valence-corrected chi connectivity index (χ0v) is 11.2. The molecule has 3 N–H and O–H groups in total. The first-order valence-corrected chi connectivity index (χ1v) is 6.59. The van der Waals surface area contributed by atoms with Gasteiger partial charge >= 0.3 is 0 Å². The molecule has 4 nitrogen and oxygen atoms in total. The molecule has 0 aromatic heterocycles. The molecule has 0 bridgehead atoms. The molecular weight excluding hydrogens is 245 g/mol. The number of halogens is 1. The first-order valence-electron chi connectivity index (χ1n) is 6.59. The first kappa shape index (κ1) is 13.8. The van der Waals surface area contributed by atoms with E-state index in [4.69, 9.17) is 5.73 Å². The summed E-state index contributed by atoms with van der Waals surface area (Å²) < 4.78 is 14.1. The van der Waals surface area contributed by atoms with Crippen molar-refractivity contribution in [2.75, 3.05) is 25.0 Å². The Morgan fingerprint density at radius 2 is 2.16 bits per heavy atom. The van der Waals surface area contributed by atoms with Crippen molar-refractivity contribution in [2.45, 2.75) is 19.4 Å². The van der Waals surface area contributed by atoms with E-state index < -0.39 is 0 Å². The van der Waals surface area contributed by atoms with Crippen molar-refractivity contribution in [1.82, 2.24) is 5.32 Å². The van der Waals surface area contributed by atoms with Gasteiger partial charge in [0.2, 0.25) is 5.91 Å². The minimum absolute atomic E-state index is 0.0734. The molecule has 104 valence electrons. The Labute approximate surface area is 112 Å². The molecule has 1 aliphatic heterocycles. The average Bonchev–Trinajstić information content (AvgIpc) is 2.39. The van der Waals surface area contributed by atoms with E-state index in [-0.39, 0.29) is 17.6 Å². The van der Waals surface area contributed by atoms with Crippen LogP contribution in [0, 0.1) is 11.7 Å². The molecule has 0 atom stereocenters. The third-order valence-electron chi connectivity index (χ3n) is 3.65. The second kappa shape index (κ2) is 6.02. The molecule has 1 aromatic carbocycles. The van der Waals surface area contributed by atoms with Crippen LogP contribution in [0.5, 0.6) is 0 Å². The lowest BCUT2D eigenvalue weighted by Gasteiger charge is -2.33. The van der Waals surface area contributed by atoms with Gasteiger partial charge in [-0.1, -0.05) is 12.1 Å². The van der Waals surface area contributed by atoms with E-state index >= 15 is 0 Å². The van der Waals surface area contributed by atoms with E-state index in [2.05, 4.69) is 5.32 Å². The average molecular weight is 265 g/mol. The Morgan fingerprint density at radius 3 is 2.74 bits per heavy atom. The van der Waals surface area contributed by atoms with Crippen LogP contribution in [0.3, 0.4) is 0 Å². The van der Waals surface area contributed by atoms with Crippen molar-refractivity contribution in [3.05, 3.63) is 29.6 Å². The third kappa shape index (κ3) is 3.04. The summed E-state index contributed by atoms with van der Waals surface area (Å²) in [6.45, 7) is 1.97. The van der Waals surface area contributed by atoms with E-state index in [1.54, 1.807) is 6.07 Å². The SMILES string of the molecule is CNCc1cccc(F)c1N1CCC(C(N)=O)CC1. The highest BCUT2D eigenvalue weighted by Gasteiger charge is 2.25. The third-order valence-corrected chi connectivity index (χ3v) is 3.65. The fraction of sp³-hybridized carbons (Fsp3) is 0.500. The maximum absolute atomic E-state index is 14.1. The van der Waals surface area contributed by atoms with Gasteiger partial charge in [0.25, 0.3) is 0 Å². The lowest BCUT2D eigenvalue weighted by Crippen LogP contribution is -2.39. The number of nitrogens with two attached hydrogens (primary N) is 1. The van der Waals surface area contributed by atoms with Gasteiger partial charge in [-0.25, -0.2) is 4.39 Å². The van der Waals surface area contributed by atoms with E-state index in [0.717, 1.165) is 5.56 Å². The normalized spacial score (nSPS) is 16.6. The maximum atomic E-state index is 14.1. The number of benzene rings is 1. The van der Waals surface area contributed by atoms with Crippen molar-refractivity contribution < 1.29 is 9.18 Å². The molecule has 1 aromatic rings. The van der Waals surface area contributed by atoms with Crippen LogP contribution in [0.25, 0.3) is 0 Å². The Hall–Kier alpha value is -1.62. The number of rotatable bonds is 4. The molecule has 5 heteroatoms. The zero-order chi connectivity index (χ0) is 13.8. The number of anilines is 1. The Balaban J connectivity index is 2.16. The lowest BCUT2D eigenvalue weighted by atomic mass is 9.95. The van der Waals surface area contributed by atoms with Gasteiger partial charge in [0, 0.05) is 25.6 Å². The Morgan fingerprint density at radius 1 is 1.47 bits per heavy atom. The van der Waals surface area contributed by atoms with E-state index in [1.807, 2.05) is 18.0 Å². The summed E-state index contributed by atoms with van der Waals surface area (Å²) >= 11 is 0. The highest BCUT2D eigenvalue weighted by atomic mass is 19.1. The van der Waals surface area contributed by atoms with Crippen LogP contribution in [0.15, 0.2) is 18.2 Å². The molecule has 0 aliphatic carbocycles. The summed E-state index contributed by atoms with van der Waals surface area (Å²) in [5.74, 6) is -0.523. The molecule has 1 saturated heterocycles. The van der Waals surface area contributed by atoms with Crippen molar-refractivity contribution in [3.8, 4) is 0 Å². The molecular formula is C14H20FN3O. The highest BCUT2D eigenvalue weighted by Crippen LogP contribution is 2.29. The van der Waals surface area contributed by atoms with Crippen molar-refractivity contribution in [1.29, 1.82) is 0 Å². The van der Waals surface area contributed by atoms with E-state index in [9.17, 15) is 9.18 Å². The van der Waals surface area contributed by atoms with Crippen LogP contribution >= 0.6 is 0 Å². The molecule has 1 fully saturated rings. The summed E-state index contributed by atoms with van der Waals surface area (Å²) in [6.07, 6.45) is 1.39. The number of piperidine rings is 1. The molecule has 2 rings (SSSR count). The standard InChI is InChI=1S/C14H20FN3O/c1-17-9-11-3-2-4-12(15)13(11)18-7-5-10(6-8-18)14(16)19/h2-4,10,17H,5-9H2,1H3,(H2,16,19). The molecule has 0 unspecified atom stereocenters. The quantitative estimate of drug-likeness (QED) is 0.861. The number of nitrogens with zero attached hydrogens (tertiary/aromatic N) is 1. The number of nitrogens with one attached hydrogen (secondary N) is 1. The number of amides is 1. The van der Waals surface area contributed by atoms with Gasteiger partial charge in [-0.2, -0.15) is 0 Å². The molecule has 0 saturated carbocycles. The van der Waals surface area contributed by atoms with E-state index in [0.29, 0.717) is 38.2 Å². The molecule has 1 heterocycles. The number of carbonyl (C=O) groups excluding carboxylic acids is 1. The van der Waals surface area contributed by atoms with Gasteiger partial charge in [0.05, 0.1) is 5.69 Å². The fourth-order valence-electron chi connectivity index (χ4n) is 2.63. The van der Waals surface area contributed by atoms with E-state index in [1.165, 1.54) is 6.07 Å². The van der Waals surface area contributed by atoms with Gasteiger partial charge in [0.1, 0.15) is 5.82 Å². The summed E-state index contributed by atoms with van der Waals surface area (Å²) in [6, 6.07) is 5.13. The summed E-state index contributed by atoms with van der Waals surface area (Å²) in [5.41, 5.74) is 6.91. The largest absolute Gasteiger partial charge is 0.369 e. The second-order valence-corrected chi connectivity index (χ2v) is 4.94. The first-order chi connectivity index (χ1) is 9.13. The highest BCUT2D eigenvalue weighted by molar-refractivity contribution is 5.77. The molecule has 0 radical (unpaired) electrons. The zero-order valence-electron chi connectivity index (χ0n) is 11.2. The van der Waals surface area contributed by atoms with Gasteiger partial charge in [-0.3, -0.25) is 4.79 Å². The predicted octanol–water partition coefficient (Wildman–Crippen LogP) is 1.25. The van der Waals surface area contributed by atoms with Crippen LogP contribution in [-0.4, -0.2) is 26.0 Å². The van der Waals surface area contributed by atoms with Crippen molar-refractivity contribution in [3.63, 3.8) is 0 Å². The minimum Gasteiger partial charge on any atom is -0.369 e. The lowest BCUT2D eigenvalue weighted by molar-refractivity contribution is -0.122. The predicted molar refractivity (Wildman–Crippen MR) is 73.3 cm³/mol. The Bertz CT molecular complexity index is 456. The topological polar surface area (TPSA) is 58.4 Å². The molecule has 1 aliphatic rings. The number of hydrogen-bond donors (Lipinski definition) is 2. The van der Waals surface area contributed by atoms with Crippen LogP contribution in [-0.2, 0) is 11.3 Å². The van der Waals surface area contributed by atoms with Crippen LogP contribution in [0.2, 0.25) is 0 Å². The number of para-hydroxylation sites is 1. The van der Waals surface area contributed by atoms with Crippen molar-refractivity contribution >= 4 is 11.6 Å². The summed E-state index contributed by atoms with van der Waals surface area (Å²) in [4.78, 5) is 13.2. The molecule has 1 amide bonds. The summed E-state index contributed by atoms with van der Waals surface area (Å²) in [7, 11) is 1.84. The smallest absolute Gasteiger partial charge is 0.220 e. The van der Waals surface area contributed by atoms with Gasteiger partial charge in [-0.05, 0) is 31.5 Å². The molecule has 19 heavy (non-hydrogen) atoms. The maximum Gasteiger partial charge on any atom is 0.220 e. The number of hydrogen-bond acceptors (Lipinski definition) is 3. The monoisotopic (exact) mass is 265 g/mol. The minimum atomic E-state index is -0.247. The molecule has 0 spiro atoms. The van der Waals surface area contributed by atoms with Crippen LogP contribution in [0.1, 0.15) is 18.4 Å². The van der Waals surface area contributed by atoms with Crippen molar-refractivity contribution in [2.24, 2.45) is 11.7 Å². The van der Waals surface area contributed by atoms with Gasteiger partial charge in [0.15, 0.2) is 0 Å². The number of carbonyl (C=O) groups is 1. The summed E-state index contributed by atoms with van der Waals surface area (Å²) in [5, 5.41) is 3.05. The van der Waals surface area contributed by atoms with Gasteiger partial charge in [-0.15, -0.1) is 0 Å². The fourth-order valence-corrected chi connectivity index (χ4v) is 2.63. The number of primary amides is 1. The van der Waals surface area contributed by atoms with Crippen LogP contribution < -0.4 is 16.0 Å². The van der Waals surface area contributed by atoms with Crippen LogP contribution in [0.4, 0.5) is 10.1 Å². The van der Waals surface area contributed by atoms with Gasteiger partial charge < -0.3 is 16.0 Å². The second-order valence-electron chi connectivity index (χ2n) is 4.94. The Kier molecular flexibility index (Phi) is 4.37.